The molecule has 5 aliphatic heterocycles. The van der Waals surface area contributed by atoms with E-state index in [9.17, 15) is 9.18 Å². The second-order valence-electron chi connectivity index (χ2n) is 21.3. The van der Waals surface area contributed by atoms with E-state index in [0.29, 0.717) is 48.3 Å². The fourth-order valence-electron chi connectivity index (χ4n) is 12.4. The summed E-state index contributed by atoms with van der Waals surface area (Å²) in [5, 5.41) is 1.18. The summed E-state index contributed by atoms with van der Waals surface area (Å²) < 4.78 is 80.4. The van der Waals surface area contributed by atoms with Crippen LogP contribution in [0.2, 0.25) is 16.6 Å². The van der Waals surface area contributed by atoms with Gasteiger partial charge in [-0.05, 0) is 100 Å². The number of aromatic nitrogens is 3. The second-order valence-corrected chi connectivity index (χ2v) is 26.9. The van der Waals surface area contributed by atoms with Crippen molar-refractivity contribution in [2.75, 3.05) is 45.0 Å². The van der Waals surface area contributed by atoms with Crippen LogP contribution in [0.1, 0.15) is 107 Å². The van der Waals surface area contributed by atoms with Crippen molar-refractivity contribution in [2.45, 2.75) is 160 Å². The van der Waals surface area contributed by atoms with Gasteiger partial charge in [-0.1, -0.05) is 53.5 Å². The molecule has 0 radical (unpaired) electrons. The van der Waals surface area contributed by atoms with Crippen molar-refractivity contribution in [3.8, 4) is 40.4 Å². The lowest BCUT2D eigenvalue weighted by Crippen LogP contribution is -2.65. The van der Waals surface area contributed by atoms with Crippen LogP contribution in [-0.2, 0) is 9.47 Å². The Hall–Kier alpha value is -4.85. The molecule has 4 saturated heterocycles. The molecule has 0 unspecified atom stereocenters. The van der Waals surface area contributed by atoms with E-state index in [0.717, 1.165) is 25.8 Å². The third kappa shape index (κ3) is 8.14. The Morgan fingerprint density at radius 1 is 1.00 bits per heavy atom. The molecule has 9 rings (SSSR count). The van der Waals surface area contributed by atoms with E-state index in [1.54, 1.807) is 18.2 Å². The number of rotatable bonds is 10. The molecule has 1 amide bonds. The first kappa shape index (κ1) is 47.2. The van der Waals surface area contributed by atoms with Gasteiger partial charge < -0.3 is 28.6 Å². The number of amides is 1. The first-order chi connectivity index (χ1) is 31.8. The van der Waals surface area contributed by atoms with Crippen LogP contribution in [-0.4, -0.2) is 121 Å². The summed E-state index contributed by atoms with van der Waals surface area (Å²) in [5.41, 5.74) is 3.40. The van der Waals surface area contributed by atoms with Gasteiger partial charge in [-0.3, -0.25) is 9.80 Å². The summed E-state index contributed by atoms with van der Waals surface area (Å²) in [4.78, 5) is 34.8. The predicted molar refractivity (Wildman–Crippen MR) is 255 cm³/mol. The average Bonchev–Trinajstić information content (AvgIpc) is 3.87. The Morgan fingerprint density at radius 3 is 2.45 bits per heavy atom. The van der Waals surface area contributed by atoms with Crippen molar-refractivity contribution in [2.24, 2.45) is 0 Å². The highest BCUT2D eigenvalue weighted by atomic mass is 28.3. The van der Waals surface area contributed by atoms with E-state index in [4.69, 9.17) is 38.6 Å². The van der Waals surface area contributed by atoms with Crippen LogP contribution < -0.4 is 19.1 Å². The normalized spacial score (nSPS) is 24.8. The number of methoxy groups -OCH3 is 1. The largest absolute Gasteiger partial charge is 0.472 e. The minimum Gasteiger partial charge on any atom is -0.472 e. The fourth-order valence-corrected chi connectivity index (χ4v) is 17.7. The Kier molecular flexibility index (Phi) is 12.4. The number of ether oxygens (including phenoxy) is 5. The van der Waals surface area contributed by atoms with Crippen LogP contribution in [0, 0.1) is 23.1 Å². The van der Waals surface area contributed by atoms with Crippen molar-refractivity contribution in [3.05, 3.63) is 41.5 Å². The summed E-state index contributed by atoms with van der Waals surface area (Å²) in [6.45, 7) is 22.2. The first-order valence-corrected chi connectivity index (χ1v) is 26.3. The third-order valence-electron chi connectivity index (χ3n) is 15.2. The number of halogens is 3. The van der Waals surface area contributed by atoms with Crippen LogP contribution in [0.5, 0.6) is 17.6 Å². The summed E-state index contributed by atoms with van der Waals surface area (Å²) in [6, 6.07) is 5.35. The number of benzene rings is 2. The maximum Gasteiger partial charge on any atom is 0.410 e. The van der Waals surface area contributed by atoms with E-state index < -0.39 is 55.3 Å². The number of hydrogen-bond donors (Lipinski definition) is 0. The van der Waals surface area contributed by atoms with Crippen LogP contribution in [0.3, 0.4) is 0 Å². The van der Waals surface area contributed by atoms with Gasteiger partial charge in [-0.25, -0.2) is 22.9 Å². The maximum absolute atomic E-state index is 18.2. The van der Waals surface area contributed by atoms with Crippen molar-refractivity contribution >= 4 is 41.7 Å². The number of fused-ring (bicyclic) bond motifs is 7. The zero-order valence-corrected chi connectivity index (χ0v) is 41.8. The smallest absolute Gasteiger partial charge is 0.410 e. The van der Waals surface area contributed by atoms with Gasteiger partial charge in [0.1, 0.15) is 66.5 Å². The number of carbonyl (C=O) groups is 1. The van der Waals surface area contributed by atoms with Gasteiger partial charge in [0.15, 0.2) is 12.6 Å². The van der Waals surface area contributed by atoms with Crippen LogP contribution in [0.4, 0.5) is 23.8 Å². The van der Waals surface area contributed by atoms with E-state index in [1.807, 2.05) is 32.6 Å². The first-order valence-electron chi connectivity index (χ1n) is 24.1. The van der Waals surface area contributed by atoms with Crippen molar-refractivity contribution < 1.29 is 41.7 Å². The third-order valence-corrected chi connectivity index (χ3v) is 21.5. The highest BCUT2D eigenvalue weighted by Gasteiger charge is 2.54. The van der Waals surface area contributed by atoms with Crippen LogP contribution >= 0.6 is 0 Å². The number of pyridine rings is 1. The van der Waals surface area contributed by atoms with E-state index in [1.165, 1.54) is 13.2 Å². The zero-order valence-electron chi connectivity index (χ0n) is 40.8. The van der Waals surface area contributed by atoms with Gasteiger partial charge in [-0.15, -0.1) is 5.54 Å². The quantitative estimate of drug-likeness (QED) is 0.0861. The number of hydrogen-bond acceptors (Lipinski definition) is 11. The van der Waals surface area contributed by atoms with Crippen molar-refractivity contribution in [1.82, 2.24) is 24.8 Å². The highest BCUT2D eigenvalue weighted by molar-refractivity contribution is 6.90. The monoisotopic (exact) mass is 942 g/mol. The number of carbonyl (C=O) groups excluding carboxylic acids is 1. The number of anilines is 1. The molecule has 0 spiro atoms. The molecule has 2 bridgehead atoms. The zero-order chi connectivity index (χ0) is 47.9. The minimum atomic E-state index is -2.37. The molecule has 0 N–H and O–H groups in total. The molecule has 360 valence electrons. The van der Waals surface area contributed by atoms with Gasteiger partial charge in [0.2, 0.25) is 5.88 Å². The van der Waals surface area contributed by atoms with Crippen LogP contribution in [0.15, 0.2) is 24.3 Å². The lowest BCUT2D eigenvalue weighted by Gasteiger charge is -2.48. The van der Waals surface area contributed by atoms with Gasteiger partial charge in [0, 0.05) is 37.6 Å². The average molecular weight is 943 g/mol. The molecule has 16 heteroatoms. The minimum absolute atomic E-state index is 0.0692. The Labute approximate surface area is 393 Å². The van der Waals surface area contributed by atoms with E-state index in [-0.39, 0.29) is 81.7 Å². The lowest BCUT2D eigenvalue weighted by atomic mass is 9.95. The fraction of sp³-hybridized carbons (Fsp3) is 0.608. The second kappa shape index (κ2) is 17.6. The van der Waals surface area contributed by atoms with Gasteiger partial charge in [-0.2, -0.15) is 9.97 Å². The molecular weight excluding hydrogens is 878 g/mol. The lowest BCUT2D eigenvalue weighted by molar-refractivity contribution is 0.000928. The topological polar surface area (TPSA) is 112 Å². The molecule has 5 aliphatic rings. The molecule has 0 saturated carbocycles. The molecule has 67 heavy (non-hydrogen) atoms. The Morgan fingerprint density at radius 2 is 1.75 bits per heavy atom. The number of nitrogens with zero attached hydrogens (tertiary/aromatic N) is 6. The summed E-state index contributed by atoms with van der Waals surface area (Å²) in [5.74, 6) is 2.81. The van der Waals surface area contributed by atoms with E-state index >= 15 is 8.78 Å². The predicted octanol–water partition coefficient (Wildman–Crippen LogP) is 10.4. The molecule has 2 aromatic carbocycles. The Bertz CT molecular complexity index is 2630. The highest BCUT2D eigenvalue weighted by Crippen LogP contribution is 2.49. The molecule has 4 aromatic rings. The molecule has 2 aromatic heterocycles. The molecule has 12 nitrogen and oxygen atoms in total. The number of alkyl halides is 1. The van der Waals surface area contributed by atoms with Crippen molar-refractivity contribution in [1.29, 1.82) is 0 Å². The Balaban J connectivity index is 1.26. The summed E-state index contributed by atoms with van der Waals surface area (Å²) in [6.07, 6.45) is 1.45. The summed E-state index contributed by atoms with van der Waals surface area (Å²) in [7, 11) is -0.867. The SMILES string of the molecule is COCOc1cc(-c2nc3c4c(nc(OC[C@@]56CCCN5C[C@H](F)C6)nc4c2F)N2C[C@H]4CC[C@@H]([C@H]2[C@H](C)O3)N4C(=O)OC(C)(C)C)c2c(C#C[Si](C(C)C)(C(C)C)C(C)C)c(F)ccc2c1. The summed E-state index contributed by atoms with van der Waals surface area (Å²) >= 11 is 0. The molecular formula is C51H65F3N6O6Si. The van der Waals surface area contributed by atoms with Gasteiger partial charge >= 0.3 is 12.1 Å². The molecule has 6 atom stereocenters. The molecule has 4 fully saturated rings. The number of piperazine rings is 1. The molecule has 0 aliphatic carbocycles. The van der Waals surface area contributed by atoms with Crippen LogP contribution in [0.25, 0.3) is 32.9 Å². The molecule has 7 heterocycles. The van der Waals surface area contributed by atoms with Gasteiger partial charge in [0.05, 0.1) is 29.2 Å². The standard InChI is InChI=1S/C51H65F3N6O6Si/c1-28(2)67(29(3)4,30(5)6)20-17-36-38(53)15-13-32-21-35(64-27-62-11)22-37(40(32)36)43-42(54)44-41-46(57-48(56-44)63-26-51-18-12-19-58(51)24-33(52)23-51)59-25-34-14-16-39(45(59)31(7)65-47(41)55-43)60(34)49(61)66-50(8,9)10/h13,15,21-22,28-31,33-34,39,45H,12,14,16,18-19,23-27H2,1-11H3/t31-,33+,34+,39-,45+,51-/m0/s1. The van der Waals surface area contributed by atoms with Crippen molar-refractivity contribution in [3.63, 3.8) is 0 Å². The van der Waals surface area contributed by atoms with Gasteiger partial charge in [0.25, 0.3) is 0 Å². The maximum atomic E-state index is 18.2. The van der Waals surface area contributed by atoms with E-state index in [2.05, 4.69) is 62.8 Å².